The molecule has 3 rings (SSSR count). The summed E-state index contributed by atoms with van der Waals surface area (Å²) in [5.41, 5.74) is 1.56. The maximum atomic E-state index is 13.1. The largest absolute Gasteiger partial charge is 0.366 e. The van der Waals surface area contributed by atoms with E-state index in [1.54, 1.807) is 29.3 Å². The van der Waals surface area contributed by atoms with Gasteiger partial charge in [-0.25, -0.2) is 4.98 Å². The first-order valence-corrected chi connectivity index (χ1v) is 10.3. The van der Waals surface area contributed by atoms with E-state index in [9.17, 15) is 9.59 Å². The fraction of sp³-hybridized carbons (Fsp3) is 0.300. The molecule has 1 saturated heterocycles. The second-order valence-electron chi connectivity index (χ2n) is 6.42. The maximum absolute atomic E-state index is 13.1. The Labute approximate surface area is 173 Å². The Hall–Kier alpha value is -2.45. The number of fused-ring (bicyclic) bond motifs is 1. The van der Waals surface area contributed by atoms with E-state index in [0.717, 1.165) is 18.4 Å². The fourth-order valence-corrected chi connectivity index (χ4v) is 4.18. The average Bonchev–Trinajstić information content (AvgIpc) is 2.94. The normalized spacial score (nSPS) is 15.6. The number of thioether (sulfide) groups is 1. The molecule has 8 heteroatoms. The van der Waals surface area contributed by atoms with Gasteiger partial charge in [-0.3, -0.25) is 18.9 Å². The number of rotatable bonds is 7. The predicted molar refractivity (Wildman–Crippen MR) is 120 cm³/mol. The minimum Gasteiger partial charge on any atom is -0.366 e. The van der Waals surface area contributed by atoms with E-state index in [1.165, 1.54) is 16.2 Å². The second-order valence-corrected chi connectivity index (χ2v) is 8.10. The Morgan fingerprint density at radius 1 is 1.39 bits per heavy atom. The first-order valence-electron chi connectivity index (χ1n) is 9.10. The Morgan fingerprint density at radius 2 is 2.18 bits per heavy atom. The Morgan fingerprint density at radius 3 is 2.89 bits per heavy atom. The molecule has 3 heterocycles. The molecular weight excluding hydrogens is 392 g/mol. The molecule has 2 aromatic rings. The number of carbonyl (C=O) groups is 1. The predicted octanol–water partition coefficient (Wildman–Crippen LogP) is 3.60. The van der Waals surface area contributed by atoms with Crippen LogP contribution in [0.2, 0.25) is 0 Å². The molecule has 0 saturated carbocycles. The van der Waals surface area contributed by atoms with Gasteiger partial charge in [0.2, 0.25) is 0 Å². The van der Waals surface area contributed by atoms with E-state index in [-0.39, 0.29) is 11.5 Å². The topological polar surface area (TPSA) is 66.7 Å². The van der Waals surface area contributed by atoms with Crippen LogP contribution in [-0.4, -0.2) is 37.6 Å². The van der Waals surface area contributed by atoms with E-state index in [0.29, 0.717) is 39.3 Å². The van der Waals surface area contributed by atoms with Gasteiger partial charge in [-0.2, -0.15) is 0 Å². The highest BCUT2D eigenvalue weighted by Crippen LogP contribution is 2.33. The fourth-order valence-electron chi connectivity index (χ4n) is 2.89. The SMILES string of the molecule is C=CCNc1nc2c(C)cccn2c(=O)c1/C=C1\SC(=S)N(CCCC)C1=O. The van der Waals surface area contributed by atoms with Crippen molar-refractivity contribution >= 4 is 51.7 Å². The first-order chi connectivity index (χ1) is 13.5. The van der Waals surface area contributed by atoms with Crippen LogP contribution in [0.25, 0.3) is 11.7 Å². The van der Waals surface area contributed by atoms with Crippen molar-refractivity contribution in [2.24, 2.45) is 0 Å². The number of amides is 1. The second kappa shape index (κ2) is 8.70. The van der Waals surface area contributed by atoms with Crippen LogP contribution in [0.3, 0.4) is 0 Å². The molecule has 1 aliphatic rings. The quantitative estimate of drug-likeness (QED) is 0.424. The lowest BCUT2D eigenvalue weighted by Crippen LogP contribution is -2.29. The molecule has 0 aliphatic carbocycles. The maximum Gasteiger partial charge on any atom is 0.267 e. The molecule has 0 bridgehead atoms. The van der Waals surface area contributed by atoms with Gasteiger partial charge in [-0.1, -0.05) is 49.5 Å². The molecule has 28 heavy (non-hydrogen) atoms. The zero-order valence-corrected chi connectivity index (χ0v) is 17.5. The number of pyridine rings is 1. The van der Waals surface area contributed by atoms with Crippen molar-refractivity contribution in [3.8, 4) is 0 Å². The number of carbonyl (C=O) groups excluding carboxylic acids is 1. The van der Waals surface area contributed by atoms with Crippen LogP contribution in [-0.2, 0) is 4.79 Å². The van der Waals surface area contributed by atoms with Crippen LogP contribution in [0.15, 0.2) is 40.7 Å². The van der Waals surface area contributed by atoms with Crippen molar-refractivity contribution < 1.29 is 4.79 Å². The molecule has 0 unspecified atom stereocenters. The molecule has 1 amide bonds. The van der Waals surface area contributed by atoms with Gasteiger partial charge in [0, 0.05) is 19.3 Å². The monoisotopic (exact) mass is 414 g/mol. The number of aromatic nitrogens is 2. The van der Waals surface area contributed by atoms with E-state index >= 15 is 0 Å². The van der Waals surface area contributed by atoms with Gasteiger partial charge in [-0.05, 0) is 31.1 Å². The molecule has 1 N–H and O–H groups in total. The molecule has 0 radical (unpaired) electrons. The van der Waals surface area contributed by atoms with Gasteiger partial charge in [0.25, 0.3) is 11.5 Å². The molecule has 1 aliphatic heterocycles. The summed E-state index contributed by atoms with van der Waals surface area (Å²) in [6.45, 7) is 8.71. The lowest BCUT2D eigenvalue weighted by molar-refractivity contribution is -0.122. The third kappa shape index (κ3) is 3.88. The van der Waals surface area contributed by atoms with Gasteiger partial charge < -0.3 is 5.32 Å². The van der Waals surface area contributed by atoms with Gasteiger partial charge in [0.15, 0.2) is 0 Å². The van der Waals surface area contributed by atoms with Gasteiger partial charge in [-0.15, -0.1) is 6.58 Å². The summed E-state index contributed by atoms with van der Waals surface area (Å²) in [6.07, 6.45) is 6.82. The number of aryl methyl sites for hydroxylation is 1. The summed E-state index contributed by atoms with van der Waals surface area (Å²) in [5.74, 6) is 0.268. The summed E-state index contributed by atoms with van der Waals surface area (Å²) in [6, 6.07) is 3.70. The number of thiocarbonyl (C=S) groups is 1. The summed E-state index contributed by atoms with van der Waals surface area (Å²) in [4.78, 5) is 32.6. The zero-order chi connectivity index (χ0) is 20.3. The van der Waals surface area contributed by atoms with Crippen LogP contribution >= 0.6 is 24.0 Å². The summed E-state index contributed by atoms with van der Waals surface area (Å²) in [5, 5.41) is 3.11. The average molecular weight is 415 g/mol. The highest BCUT2D eigenvalue weighted by Gasteiger charge is 2.32. The minimum absolute atomic E-state index is 0.160. The van der Waals surface area contributed by atoms with Crippen LogP contribution in [0.5, 0.6) is 0 Å². The number of unbranched alkanes of at least 4 members (excludes halogenated alkanes) is 1. The van der Waals surface area contributed by atoms with Crippen molar-refractivity contribution in [1.82, 2.24) is 14.3 Å². The Kier molecular flexibility index (Phi) is 6.31. The zero-order valence-electron chi connectivity index (χ0n) is 15.9. The number of anilines is 1. The molecular formula is C20H22N4O2S2. The molecule has 0 spiro atoms. The van der Waals surface area contributed by atoms with Crippen molar-refractivity contribution in [2.75, 3.05) is 18.4 Å². The molecule has 146 valence electrons. The van der Waals surface area contributed by atoms with Crippen LogP contribution in [0, 0.1) is 6.92 Å². The lowest BCUT2D eigenvalue weighted by Gasteiger charge is -2.13. The number of nitrogens with zero attached hydrogens (tertiary/aromatic N) is 3. The van der Waals surface area contributed by atoms with Gasteiger partial charge in [0.05, 0.1) is 10.5 Å². The van der Waals surface area contributed by atoms with Crippen molar-refractivity contribution in [2.45, 2.75) is 26.7 Å². The first kappa shape index (κ1) is 20.3. The Balaban J connectivity index is 2.11. The molecule has 0 aromatic carbocycles. The molecule has 2 aromatic heterocycles. The van der Waals surface area contributed by atoms with Crippen LogP contribution in [0.4, 0.5) is 5.82 Å². The standard InChI is InChI=1S/C20H22N4O2S2/c1-4-6-10-24-19(26)15(28-20(24)27)12-14-16(21-9-5-2)22-17-13(3)8-7-11-23(17)18(14)25/h5,7-8,11-12,21H,2,4,6,9-10H2,1,3H3/b15-12-. The third-order valence-electron chi connectivity index (χ3n) is 4.38. The van der Waals surface area contributed by atoms with Crippen LogP contribution < -0.4 is 10.9 Å². The van der Waals surface area contributed by atoms with E-state index in [4.69, 9.17) is 12.2 Å². The molecule has 6 nitrogen and oxygen atoms in total. The molecule has 1 fully saturated rings. The van der Waals surface area contributed by atoms with Crippen LogP contribution in [0.1, 0.15) is 30.9 Å². The Bertz CT molecular complexity index is 1040. The van der Waals surface area contributed by atoms with Gasteiger partial charge in [0.1, 0.15) is 15.8 Å². The van der Waals surface area contributed by atoms with E-state index < -0.39 is 0 Å². The van der Waals surface area contributed by atoms with Crippen molar-refractivity contribution in [3.63, 3.8) is 0 Å². The number of nitrogens with one attached hydrogen (secondary N) is 1. The third-order valence-corrected chi connectivity index (χ3v) is 5.76. The summed E-state index contributed by atoms with van der Waals surface area (Å²) < 4.78 is 2.02. The highest BCUT2D eigenvalue weighted by molar-refractivity contribution is 8.26. The van der Waals surface area contributed by atoms with E-state index in [2.05, 4.69) is 23.8 Å². The smallest absolute Gasteiger partial charge is 0.267 e. The van der Waals surface area contributed by atoms with Gasteiger partial charge >= 0.3 is 0 Å². The van der Waals surface area contributed by atoms with Crippen molar-refractivity contribution in [3.05, 3.63) is 57.4 Å². The number of hydrogen-bond donors (Lipinski definition) is 1. The minimum atomic E-state index is -0.237. The summed E-state index contributed by atoms with van der Waals surface area (Å²) in [7, 11) is 0. The number of hydrogen-bond acceptors (Lipinski definition) is 6. The lowest BCUT2D eigenvalue weighted by atomic mass is 10.2. The highest BCUT2D eigenvalue weighted by atomic mass is 32.2. The van der Waals surface area contributed by atoms with Crippen molar-refractivity contribution in [1.29, 1.82) is 0 Å². The molecule has 0 atom stereocenters. The van der Waals surface area contributed by atoms with E-state index in [1.807, 2.05) is 13.0 Å². The summed E-state index contributed by atoms with van der Waals surface area (Å²) >= 11 is 6.58.